The van der Waals surface area contributed by atoms with E-state index in [1.807, 2.05) is 26.0 Å². The SMILES string of the molecule is CCc1ccc(Cl)c(CC)c1NC(=O)c1ccc(Cl)c(S(=O)(=O)N(C)OC)c1. The van der Waals surface area contributed by atoms with Crippen LogP contribution in [0.1, 0.15) is 35.3 Å². The number of sulfonamides is 1. The molecular formula is C19H22Cl2N2O4S. The maximum atomic E-state index is 12.9. The Labute approximate surface area is 175 Å². The summed E-state index contributed by atoms with van der Waals surface area (Å²) in [5.74, 6) is -0.458. The Morgan fingerprint density at radius 3 is 2.32 bits per heavy atom. The Balaban J connectivity index is 2.48. The summed E-state index contributed by atoms with van der Waals surface area (Å²) in [6, 6.07) is 7.73. The molecule has 0 heterocycles. The van der Waals surface area contributed by atoms with Gasteiger partial charge in [0.15, 0.2) is 0 Å². The second-order valence-corrected chi connectivity index (χ2v) is 8.68. The molecule has 0 aliphatic carbocycles. The number of carbonyl (C=O) groups is 1. The third-order valence-electron chi connectivity index (χ3n) is 4.38. The van der Waals surface area contributed by atoms with E-state index in [9.17, 15) is 13.2 Å². The van der Waals surface area contributed by atoms with Gasteiger partial charge in [0.1, 0.15) is 4.90 Å². The maximum Gasteiger partial charge on any atom is 0.266 e. The number of hydroxylamine groups is 1. The fourth-order valence-corrected chi connectivity index (χ4v) is 4.50. The van der Waals surface area contributed by atoms with Crippen LogP contribution in [0.25, 0.3) is 0 Å². The second-order valence-electron chi connectivity index (χ2n) is 5.96. The van der Waals surface area contributed by atoms with Gasteiger partial charge in [-0.2, -0.15) is 0 Å². The molecule has 28 heavy (non-hydrogen) atoms. The molecule has 152 valence electrons. The predicted molar refractivity (Wildman–Crippen MR) is 112 cm³/mol. The number of nitrogens with one attached hydrogen (secondary N) is 1. The lowest BCUT2D eigenvalue weighted by Crippen LogP contribution is -2.26. The van der Waals surface area contributed by atoms with Crippen LogP contribution in [0.5, 0.6) is 0 Å². The second kappa shape index (κ2) is 9.24. The molecule has 1 N–H and O–H groups in total. The highest BCUT2D eigenvalue weighted by molar-refractivity contribution is 7.89. The van der Waals surface area contributed by atoms with E-state index in [1.165, 1.54) is 32.4 Å². The van der Waals surface area contributed by atoms with Gasteiger partial charge in [-0.3, -0.25) is 9.63 Å². The molecule has 0 aliphatic rings. The molecule has 0 aromatic heterocycles. The molecule has 9 heteroatoms. The zero-order valence-corrected chi connectivity index (χ0v) is 18.4. The number of halogens is 2. The third kappa shape index (κ3) is 4.50. The van der Waals surface area contributed by atoms with Gasteiger partial charge in [-0.15, -0.1) is 0 Å². The van der Waals surface area contributed by atoms with Crippen molar-refractivity contribution in [3.05, 3.63) is 57.1 Å². The zero-order chi connectivity index (χ0) is 21.1. The van der Waals surface area contributed by atoms with E-state index in [2.05, 4.69) is 5.32 Å². The van der Waals surface area contributed by atoms with Crippen LogP contribution in [0.15, 0.2) is 35.2 Å². The average molecular weight is 445 g/mol. The number of carbonyl (C=O) groups excluding carboxylic acids is 1. The molecule has 0 bridgehead atoms. The molecule has 0 unspecified atom stereocenters. The average Bonchev–Trinajstić information content (AvgIpc) is 2.67. The molecule has 0 spiro atoms. The largest absolute Gasteiger partial charge is 0.321 e. The van der Waals surface area contributed by atoms with Crippen molar-refractivity contribution in [3.8, 4) is 0 Å². The number of benzene rings is 2. The summed E-state index contributed by atoms with van der Waals surface area (Å²) in [6.07, 6.45) is 1.35. The lowest BCUT2D eigenvalue weighted by atomic mass is 10.0. The molecule has 0 atom stereocenters. The number of hydrogen-bond donors (Lipinski definition) is 1. The number of nitrogens with zero attached hydrogens (tertiary/aromatic N) is 1. The molecule has 2 aromatic rings. The molecule has 0 saturated heterocycles. The van der Waals surface area contributed by atoms with Crippen molar-refractivity contribution in [3.63, 3.8) is 0 Å². The summed E-state index contributed by atoms with van der Waals surface area (Å²) >= 11 is 12.3. The van der Waals surface area contributed by atoms with Crippen molar-refractivity contribution < 1.29 is 18.0 Å². The minimum atomic E-state index is -4.00. The highest BCUT2D eigenvalue weighted by Gasteiger charge is 2.25. The lowest BCUT2D eigenvalue weighted by Gasteiger charge is -2.17. The molecule has 2 aromatic carbocycles. The summed E-state index contributed by atoms with van der Waals surface area (Å²) in [4.78, 5) is 17.4. The van der Waals surface area contributed by atoms with E-state index >= 15 is 0 Å². The van der Waals surface area contributed by atoms with Crippen LogP contribution in [-0.2, 0) is 27.7 Å². The van der Waals surface area contributed by atoms with E-state index < -0.39 is 15.9 Å². The van der Waals surface area contributed by atoms with E-state index in [1.54, 1.807) is 0 Å². The fourth-order valence-electron chi connectivity index (χ4n) is 2.73. The van der Waals surface area contributed by atoms with E-state index in [0.29, 0.717) is 28.0 Å². The van der Waals surface area contributed by atoms with Crippen LogP contribution in [0.2, 0.25) is 10.0 Å². The lowest BCUT2D eigenvalue weighted by molar-refractivity contribution is -0.0258. The smallest absolute Gasteiger partial charge is 0.266 e. The van der Waals surface area contributed by atoms with Gasteiger partial charge >= 0.3 is 0 Å². The highest BCUT2D eigenvalue weighted by Crippen LogP contribution is 2.31. The van der Waals surface area contributed by atoms with Gasteiger partial charge < -0.3 is 5.32 Å². The Morgan fingerprint density at radius 1 is 1.11 bits per heavy atom. The van der Waals surface area contributed by atoms with Gasteiger partial charge in [-0.25, -0.2) is 8.42 Å². The van der Waals surface area contributed by atoms with Crippen LogP contribution >= 0.6 is 23.2 Å². The predicted octanol–water partition coefficient (Wildman–Crippen LogP) is 4.55. The zero-order valence-electron chi connectivity index (χ0n) is 16.0. The number of anilines is 1. The topological polar surface area (TPSA) is 75.7 Å². The quantitative estimate of drug-likeness (QED) is 0.635. The minimum Gasteiger partial charge on any atom is -0.321 e. The van der Waals surface area contributed by atoms with Crippen LogP contribution in [-0.4, -0.2) is 33.0 Å². The van der Waals surface area contributed by atoms with E-state index in [4.69, 9.17) is 28.0 Å². The molecule has 0 aliphatic heterocycles. The first-order chi connectivity index (χ1) is 13.2. The van der Waals surface area contributed by atoms with Crippen molar-refractivity contribution in [1.29, 1.82) is 0 Å². The molecule has 2 rings (SSSR count). The van der Waals surface area contributed by atoms with E-state index in [-0.39, 0.29) is 15.5 Å². The first-order valence-corrected chi connectivity index (χ1v) is 10.8. The normalized spacial score (nSPS) is 11.7. The van der Waals surface area contributed by atoms with E-state index in [0.717, 1.165) is 11.1 Å². The molecule has 0 saturated carbocycles. The molecule has 6 nitrogen and oxygen atoms in total. The summed E-state index contributed by atoms with van der Waals surface area (Å²) in [6.45, 7) is 3.93. The molecule has 0 radical (unpaired) electrons. The van der Waals surface area contributed by atoms with Gasteiger partial charge in [-0.05, 0) is 48.2 Å². The molecule has 0 fully saturated rings. The molecule has 1 amide bonds. The first-order valence-electron chi connectivity index (χ1n) is 8.61. The highest BCUT2D eigenvalue weighted by atomic mass is 35.5. The standard InChI is InChI=1S/C19H22Cl2N2O4S/c1-5-12-7-9-15(20)14(6-2)18(12)22-19(24)13-8-10-16(21)17(11-13)28(25,26)23(3)27-4/h7-11H,5-6H2,1-4H3,(H,22,24). The third-order valence-corrected chi connectivity index (χ3v) is 6.90. The Bertz CT molecular complexity index is 994. The van der Waals surface area contributed by atoms with Gasteiger partial charge in [0, 0.05) is 23.3 Å². The minimum absolute atomic E-state index is 0.00769. The van der Waals surface area contributed by atoms with Gasteiger partial charge in [0.25, 0.3) is 15.9 Å². The van der Waals surface area contributed by atoms with Crippen LogP contribution in [0, 0.1) is 0 Å². The Hall–Kier alpha value is -1.64. The van der Waals surface area contributed by atoms with Crippen LogP contribution in [0.4, 0.5) is 5.69 Å². The molecular weight excluding hydrogens is 423 g/mol. The summed E-state index contributed by atoms with van der Waals surface area (Å²) < 4.78 is 25.7. The van der Waals surface area contributed by atoms with Crippen molar-refractivity contribution in [2.75, 3.05) is 19.5 Å². The van der Waals surface area contributed by atoms with Gasteiger partial charge in [0.2, 0.25) is 0 Å². The monoisotopic (exact) mass is 444 g/mol. The van der Waals surface area contributed by atoms with Gasteiger partial charge in [0.05, 0.1) is 12.1 Å². The number of aryl methyl sites for hydroxylation is 1. The Kier molecular flexibility index (Phi) is 7.47. The van der Waals surface area contributed by atoms with Crippen molar-refractivity contribution in [2.24, 2.45) is 0 Å². The summed E-state index contributed by atoms with van der Waals surface area (Å²) in [5, 5.41) is 3.43. The number of amides is 1. The van der Waals surface area contributed by atoms with Crippen LogP contribution < -0.4 is 5.32 Å². The Morgan fingerprint density at radius 2 is 1.75 bits per heavy atom. The van der Waals surface area contributed by atoms with Crippen LogP contribution in [0.3, 0.4) is 0 Å². The van der Waals surface area contributed by atoms with Gasteiger partial charge in [-0.1, -0.05) is 47.6 Å². The summed E-state index contributed by atoms with van der Waals surface area (Å²) in [7, 11) is -1.54. The maximum absolute atomic E-state index is 12.9. The van der Waals surface area contributed by atoms with Crippen molar-refractivity contribution in [1.82, 2.24) is 4.47 Å². The van der Waals surface area contributed by atoms with Crippen molar-refractivity contribution >= 4 is 44.8 Å². The fraction of sp³-hybridized carbons (Fsp3) is 0.316. The number of hydrogen-bond acceptors (Lipinski definition) is 4. The van der Waals surface area contributed by atoms with Crippen molar-refractivity contribution in [2.45, 2.75) is 31.6 Å². The summed E-state index contributed by atoms with van der Waals surface area (Å²) in [5.41, 5.74) is 2.57. The first kappa shape index (κ1) is 22.6. The number of rotatable bonds is 7.